The average Bonchev–Trinajstić information content (AvgIpc) is 2.86. The second kappa shape index (κ2) is 5.45. The highest BCUT2D eigenvalue weighted by Gasteiger charge is 2.29. The number of amides is 1. The molecule has 0 heterocycles. The molecule has 1 amide bonds. The fraction of sp³-hybridized carbons (Fsp3) is 0.889. The molecule has 3 nitrogen and oxygen atoms in total. The Balaban J connectivity index is 1.96. The summed E-state index contributed by atoms with van der Waals surface area (Å²) in [6.45, 7) is 1.20. The van der Waals surface area contributed by atoms with Gasteiger partial charge in [-0.05, 0) is 19.3 Å². The molecule has 1 saturated carbocycles. The van der Waals surface area contributed by atoms with Crippen LogP contribution in [0.3, 0.4) is 0 Å². The Labute approximate surface area is 83.8 Å². The number of halogens is 1. The zero-order valence-electron chi connectivity index (χ0n) is 7.88. The van der Waals surface area contributed by atoms with Crippen LogP contribution in [0.2, 0.25) is 0 Å². The summed E-state index contributed by atoms with van der Waals surface area (Å²) in [5, 5.41) is 2.86. The highest BCUT2D eigenvalue weighted by atomic mass is 35.5. The Morgan fingerprint density at radius 2 is 2.38 bits per heavy atom. The third-order valence-corrected chi connectivity index (χ3v) is 2.40. The van der Waals surface area contributed by atoms with Gasteiger partial charge in [-0.1, -0.05) is 0 Å². The van der Waals surface area contributed by atoms with E-state index in [-0.39, 0.29) is 17.2 Å². The first-order chi connectivity index (χ1) is 6.24. The molecule has 0 spiro atoms. The molecule has 1 aliphatic rings. The number of carbonyl (C=O) groups excluding carboxylic acids is 1. The van der Waals surface area contributed by atoms with Gasteiger partial charge in [-0.2, -0.15) is 0 Å². The van der Waals surface area contributed by atoms with Gasteiger partial charge in [0.05, 0.1) is 12.0 Å². The lowest BCUT2D eigenvalue weighted by Gasteiger charge is -2.08. The summed E-state index contributed by atoms with van der Waals surface area (Å²) in [7, 11) is 1.62. The fourth-order valence-electron chi connectivity index (χ4n) is 1.11. The van der Waals surface area contributed by atoms with E-state index in [1.807, 2.05) is 0 Å². The van der Waals surface area contributed by atoms with E-state index in [1.54, 1.807) is 7.11 Å². The highest BCUT2D eigenvalue weighted by Crippen LogP contribution is 2.28. The number of hydrogen-bond acceptors (Lipinski definition) is 2. The summed E-state index contributed by atoms with van der Waals surface area (Å²) in [6.07, 6.45) is 2.87. The van der Waals surface area contributed by atoms with Gasteiger partial charge < -0.3 is 10.1 Å². The van der Waals surface area contributed by atoms with Gasteiger partial charge in [0.25, 0.3) is 0 Å². The number of ether oxygens (including phenoxy) is 1. The van der Waals surface area contributed by atoms with Crippen LogP contribution >= 0.6 is 11.6 Å². The van der Waals surface area contributed by atoms with E-state index in [2.05, 4.69) is 5.32 Å². The molecule has 0 saturated heterocycles. The topological polar surface area (TPSA) is 38.3 Å². The molecular formula is C9H16ClNO2. The minimum Gasteiger partial charge on any atom is -0.383 e. The van der Waals surface area contributed by atoms with Crippen molar-refractivity contribution in [2.45, 2.75) is 24.6 Å². The second-order valence-electron chi connectivity index (χ2n) is 3.41. The summed E-state index contributed by atoms with van der Waals surface area (Å²) in [6, 6.07) is 0. The van der Waals surface area contributed by atoms with Gasteiger partial charge in [-0.15, -0.1) is 11.6 Å². The van der Waals surface area contributed by atoms with Gasteiger partial charge in [0, 0.05) is 19.6 Å². The maximum atomic E-state index is 11.2. The van der Waals surface area contributed by atoms with Crippen molar-refractivity contribution in [2.24, 2.45) is 5.92 Å². The number of hydrogen-bond donors (Lipinski definition) is 1. The van der Waals surface area contributed by atoms with E-state index >= 15 is 0 Å². The molecule has 1 unspecified atom stereocenters. The van der Waals surface area contributed by atoms with Crippen molar-refractivity contribution in [3.63, 3.8) is 0 Å². The quantitative estimate of drug-likeness (QED) is 0.661. The zero-order chi connectivity index (χ0) is 9.68. The Hall–Kier alpha value is -0.280. The number of rotatable bonds is 6. The highest BCUT2D eigenvalue weighted by molar-refractivity contribution is 6.20. The van der Waals surface area contributed by atoms with E-state index in [0.29, 0.717) is 13.2 Å². The largest absolute Gasteiger partial charge is 0.383 e. The number of nitrogens with one attached hydrogen (secondary N) is 1. The predicted molar refractivity (Wildman–Crippen MR) is 51.9 cm³/mol. The summed E-state index contributed by atoms with van der Waals surface area (Å²) in [4.78, 5) is 11.2. The van der Waals surface area contributed by atoms with Crippen molar-refractivity contribution in [2.75, 3.05) is 20.3 Å². The van der Waals surface area contributed by atoms with Crippen LogP contribution in [0.1, 0.15) is 19.3 Å². The van der Waals surface area contributed by atoms with Crippen LogP contribution in [-0.4, -0.2) is 31.5 Å². The molecule has 4 heteroatoms. The lowest BCUT2D eigenvalue weighted by molar-refractivity contribution is -0.122. The normalized spacial score (nSPS) is 18.3. The molecule has 1 N–H and O–H groups in total. The summed E-state index contributed by atoms with van der Waals surface area (Å²) >= 11 is 5.88. The molecule has 0 aromatic rings. The van der Waals surface area contributed by atoms with Crippen LogP contribution in [0.4, 0.5) is 0 Å². The fourth-order valence-corrected chi connectivity index (χ4v) is 1.34. The Morgan fingerprint density at radius 3 is 2.92 bits per heavy atom. The van der Waals surface area contributed by atoms with E-state index in [0.717, 1.165) is 19.3 Å². The minimum absolute atomic E-state index is 0.00417. The van der Waals surface area contributed by atoms with Crippen molar-refractivity contribution in [1.82, 2.24) is 5.32 Å². The predicted octanol–water partition coefficient (Wildman–Crippen LogP) is 1.16. The molecular weight excluding hydrogens is 190 g/mol. The molecule has 0 radical (unpaired) electrons. The number of methoxy groups -OCH3 is 1. The molecule has 0 aliphatic heterocycles. The number of alkyl halides is 1. The van der Waals surface area contributed by atoms with Gasteiger partial charge in [0.15, 0.2) is 0 Å². The Morgan fingerprint density at radius 1 is 1.69 bits per heavy atom. The molecule has 0 aromatic carbocycles. The van der Waals surface area contributed by atoms with Crippen LogP contribution in [-0.2, 0) is 9.53 Å². The van der Waals surface area contributed by atoms with Crippen molar-refractivity contribution in [1.29, 1.82) is 0 Å². The third-order valence-electron chi connectivity index (χ3n) is 2.05. The van der Waals surface area contributed by atoms with Crippen molar-refractivity contribution < 1.29 is 9.53 Å². The smallest absolute Gasteiger partial charge is 0.223 e. The zero-order valence-corrected chi connectivity index (χ0v) is 8.64. The van der Waals surface area contributed by atoms with Crippen molar-refractivity contribution in [3.05, 3.63) is 0 Å². The monoisotopic (exact) mass is 205 g/mol. The molecule has 0 bridgehead atoms. The summed E-state index contributed by atoms with van der Waals surface area (Å²) in [5.74, 6) is 0.470. The van der Waals surface area contributed by atoms with E-state index in [9.17, 15) is 4.79 Å². The lowest BCUT2D eigenvalue weighted by Crippen LogP contribution is -2.28. The second-order valence-corrected chi connectivity index (χ2v) is 4.02. The number of carbonyl (C=O) groups is 1. The van der Waals surface area contributed by atoms with E-state index in [1.165, 1.54) is 0 Å². The molecule has 0 aromatic heterocycles. The van der Waals surface area contributed by atoms with Crippen LogP contribution in [0.25, 0.3) is 0 Å². The molecule has 1 atom stereocenters. The van der Waals surface area contributed by atoms with Gasteiger partial charge in [-0.3, -0.25) is 4.79 Å². The van der Waals surface area contributed by atoms with Gasteiger partial charge >= 0.3 is 0 Å². The molecule has 1 fully saturated rings. The SMILES string of the molecule is COCC(Cl)CCNC(=O)C1CC1. The molecule has 1 rings (SSSR count). The van der Waals surface area contributed by atoms with Gasteiger partial charge in [0.2, 0.25) is 5.91 Å². The minimum atomic E-state index is 0.00417. The first-order valence-corrected chi connectivity index (χ1v) is 5.08. The summed E-state index contributed by atoms with van der Waals surface area (Å²) in [5.41, 5.74) is 0. The van der Waals surface area contributed by atoms with Crippen molar-refractivity contribution >= 4 is 17.5 Å². The Bertz CT molecular complexity index is 171. The van der Waals surface area contributed by atoms with E-state index in [4.69, 9.17) is 16.3 Å². The van der Waals surface area contributed by atoms with Crippen LogP contribution in [0.5, 0.6) is 0 Å². The molecule has 76 valence electrons. The lowest BCUT2D eigenvalue weighted by atomic mass is 10.3. The third kappa shape index (κ3) is 4.48. The van der Waals surface area contributed by atoms with Crippen LogP contribution in [0, 0.1) is 5.92 Å². The summed E-state index contributed by atoms with van der Waals surface area (Å²) < 4.78 is 4.88. The first-order valence-electron chi connectivity index (χ1n) is 4.64. The Kier molecular flexibility index (Phi) is 4.53. The average molecular weight is 206 g/mol. The molecule has 13 heavy (non-hydrogen) atoms. The van der Waals surface area contributed by atoms with Crippen LogP contribution < -0.4 is 5.32 Å². The van der Waals surface area contributed by atoms with Gasteiger partial charge in [-0.25, -0.2) is 0 Å². The standard InChI is InChI=1S/C9H16ClNO2/c1-13-6-8(10)4-5-11-9(12)7-2-3-7/h7-8H,2-6H2,1H3,(H,11,12). The van der Waals surface area contributed by atoms with Crippen LogP contribution in [0.15, 0.2) is 0 Å². The van der Waals surface area contributed by atoms with E-state index < -0.39 is 0 Å². The van der Waals surface area contributed by atoms with Crippen molar-refractivity contribution in [3.8, 4) is 0 Å². The maximum Gasteiger partial charge on any atom is 0.223 e. The first kappa shape index (κ1) is 10.8. The van der Waals surface area contributed by atoms with Gasteiger partial charge in [0.1, 0.15) is 0 Å². The molecule has 1 aliphatic carbocycles. The maximum absolute atomic E-state index is 11.2.